The Morgan fingerprint density at radius 1 is 1.07 bits per heavy atom. The molecule has 3 aromatic rings. The minimum absolute atomic E-state index is 0.150. The number of fused-ring (bicyclic) bond motifs is 1. The average molecular weight is 415 g/mol. The van der Waals surface area contributed by atoms with Gasteiger partial charge >= 0.3 is 0 Å². The topological polar surface area (TPSA) is 78.3 Å². The van der Waals surface area contributed by atoms with Crippen LogP contribution < -0.4 is 16.2 Å². The summed E-state index contributed by atoms with van der Waals surface area (Å²) in [6.07, 6.45) is 0.271. The molecule has 148 valence electrons. The summed E-state index contributed by atoms with van der Waals surface area (Å²) in [6.45, 7) is 0.150. The third-order valence-corrected chi connectivity index (χ3v) is 5.54. The van der Waals surface area contributed by atoms with Gasteiger partial charge in [0, 0.05) is 34.7 Å². The Morgan fingerprint density at radius 2 is 1.79 bits per heavy atom. The number of amides is 1. The lowest BCUT2D eigenvalue weighted by molar-refractivity contribution is 0.1000. The first-order valence-corrected chi connectivity index (χ1v) is 9.30. The molecule has 7 heteroatoms. The van der Waals surface area contributed by atoms with Crippen LogP contribution in [0.4, 0.5) is 8.78 Å². The number of hydrogen-bond donors (Lipinski definition) is 2. The molecule has 3 aromatic carbocycles. The molecule has 1 atom stereocenters. The molecular formula is C22H17ClF2N2O2. The number of nitrogens with two attached hydrogens (primary N) is 2. The Bertz CT molecular complexity index is 1120. The quantitative estimate of drug-likeness (QED) is 0.672. The summed E-state index contributed by atoms with van der Waals surface area (Å²) in [6, 6.07) is 14.6. The average Bonchev–Trinajstić information content (AvgIpc) is 3.11. The number of rotatable bonds is 4. The number of carbonyl (C=O) groups is 1. The lowest BCUT2D eigenvalue weighted by Crippen LogP contribution is -2.39. The molecule has 0 saturated heterocycles. The molecule has 1 aliphatic heterocycles. The van der Waals surface area contributed by atoms with E-state index in [2.05, 4.69) is 0 Å². The van der Waals surface area contributed by atoms with Crippen molar-refractivity contribution >= 4 is 17.5 Å². The Morgan fingerprint density at radius 3 is 2.45 bits per heavy atom. The Hall–Kier alpha value is -2.96. The van der Waals surface area contributed by atoms with Gasteiger partial charge in [-0.2, -0.15) is 0 Å². The zero-order chi connectivity index (χ0) is 20.8. The van der Waals surface area contributed by atoms with Crippen LogP contribution >= 0.6 is 11.6 Å². The Labute approximate surface area is 171 Å². The van der Waals surface area contributed by atoms with Crippen LogP contribution in [0.1, 0.15) is 21.5 Å². The SMILES string of the molecule is NC[C@@]1(c2ccccc2)Cc2c(ccc(Cl)c2-c2c(C(N)=O)ccc(F)c2F)O1. The van der Waals surface area contributed by atoms with Gasteiger partial charge in [-0.25, -0.2) is 8.78 Å². The van der Waals surface area contributed by atoms with Crippen molar-refractivity contribution in [3.63, 3.8) is 0 Å². The molecule has 4 rings (SSSR count). The number of benzene rings is 3. The van der Waals surface area contributed by atoms with Gasteiger partial charge in [-0.1, -0.05) is 41.9 Å². The number of carbonyl (C=O) groups excluding carboxylic acids is 1. The molecule has 1 heterocycles. The van der Waals surface area contributed by atoms with Gasteiger partial charge < -0.3 is 16.2 Å². The molecule has 0 aromatic heterocycles. The van der Waals surface area contributed by atoms with E-state index >= 15 is 0 Å². The molecule has 0 radical (unpaired) electrons. The van der Waals surface area contributed by atoms with E-state index in [1.807, 2.05) is 30.3 Å². The summed E-state index contributed by atoms with van der Waals surface area (Å²) in [7, 11) is 0. The lowest BCUT2D eigenvalue weighted by atomic mass is 9.85. The molecule has 29 heavy (non-hydrogen) atoms. The van der Waals surface area contributed by atoms with Crippen molar-refractivity contribution in [2.24, 2.45) is 11.5 Å². The van der Waals surface area contributed by atoms with Crippen molar-refractivity contribution in [1.82, 2.24) is 0 Å². The Balaban J connectivity index is 1.96. The predicted molar refractivity (Wildman–Crippen MR) is 107 cm³/mol. The standard InChI is InChI=1S/C22H17ClF2N2O2/c23-15-7-9-17-14(10-22(11-26,29-17)12-4-2-1-3-5-12)18(15)19-13(21(27)28)6-8-16(24)20(19)25/h1-9H,10-11,26H2,(H2,27,28)/t22-/m1/s1. The highest BCUT2D eigenvalue weighted by atomic mass is 35.5. The van der Waals surface area contributed by atoms with Crippen molar-refractivity contribution in [2.45, 2.75) is 12.0 Å². The van der Waals surface area contributed by atoms with Crippen LogP contribution in [0.5, 0.6) is 5.75 Å². The maximum Gasteiger partial charge on any atom is 0.249 e. The van der Waals surface area contributed by atoms with Gasteiger partial charge in [0.1, 0.15) is 5.75 Å². The smallest absolute Gasteiger partial charge is 0.249 e. The summed E-state index contributed by atoms with van der Waals surface area (Å²) in [5, 5.41) is 0.153. The van der Waals surface area contributed by atoms with Crippen LogP contribution in [-0.4, -0.2) is 12.5 Å². The second-order valence-electron chi connectivity index (χ2n) is 6.89. The summed E-state index contributed by atoms with van der Waals surface area (Å²) in [5.74, 6) is -2.75. The molecule has 1 amide bonds. The molecule has 1 aliphatic rings. The highest BCUT2D eigenvalue weighted by molar-refractivity contribution is 6.34. The van der Waals surface area contributed by atoms with E-state index in [-0.39, 0.29) is 34.7 Å². The first kappa shape index (κ1) is 19.4. The molecular weight excluding hydrogens is 398 g/mol. The number of primary amides is 1. The highest BCUT2D eigenvalue weighted by Gasteiger charge is 2.42. The predicted octanol–water partition coefficient (Wildman–Crippen LogP) is 4.17. The fourth-order valence-electron chi connectivity index (χ4n) is 3.81. The van der Waals surface area contributed by atoms with Gasteiger partial charge in [-0.15, -0.1) is 0 Å². The third kappa shape index (κ3) is 3.05. The summed E-state index contributed by atoms with van der Waals surface area (Å²) in [5.41, 5.74) is 11.7. The van der Waals surface area contributed by atoms with Crippen LogP contribution in [-0.2, 0) is 12.0 Å². The van der Waals surface area contributed by atoms with Crippen LogP contribution in [0, 0.1) is 11.6 Å². The monoisotopic (exact) mass is 414 g/mol. The maximum atomic E-state index is 14.8. The summed E-state index contributed by atoms with van der Waals surface area (Å²) < 4.78 is 35.1. The maximum absolute atomic E-state index is 14.8. The van der Waals surface area contributed by atoms with Crippen LogP contribution in [0.15, 0.2) is 54.6 Å². The van der Waals surface area contributed by atoms with Crippen molar-refractivity contribution in [3.05, 3.63) is 87.9 Å². The molecule has 4 nitrogen and oxygen atoms in total. The molecule has 0 spiro atoms. The van der Waals surface area contributed by atoms with Crippen LogP contribution in [0.2, 0.25) is 5.02 Å². The number of ether oxygens (including phenoxy) is 1. The largest absolute Gasteiger partial charge is 0.481 e. The minimum atomic E-state index is -1.19. The van der Waals surface area contributed by atoms with Gasteiger partial charge in [0.2, 0.25) is 5.91 Å². The zero-order valence-corrected chi connectivity index (χ0v) is 16.0. The normalized spacial score (nSPS) is 17.7. The van der Waals surface area contributed by atoms with E-state index in [0.717, 1.165) is 17.7 Å². The molecule has 0 fully saturated rings. The fourth-order valence-corrected chi connectivity index (χ4v) is 4.08. The number of halogens is 3. The van der Waals surface area contributed by atoms with Crippen molar-refractivity contribution in [3.8, 4) is 16.9 Å². The van der Waals surface area contributed by atoms with E-state index in [9.17, 15) is 13.6 Å². The molecule has 0 bridgehead atoms. The van der Waals surface area contributed by atoms with Crippen LogP contribution in [0.25, 0.3) is 11.1 Å². The van der Waals surface area contributed by atoms with Crippen molar-refractivity contribution in [1.29, 1.82) is 0 Å². The van der Waals surface area contributed by atoms with Gasteiger partial charge in [0.05, 0.1) is 5.56 Å². The molecule has 4 N–H and O–H groups in total. The van der Waals surface area contributed by atoms with Crippen LogP contribution in [0.3, 0.4) is 0 Å². The lowest BCUT2D eigenvalue weighted by Gasteiger charge is -2.27. The van der Waals surface area contributed by atoms with E-state index in [0.29, 0.717) is 11.3 Å². The Kier molecular flexibility index (Phi) is 4.76. The summed E-state index contributed by atoms with van der Waals surface area (Å²) >= 11 is 6.40. The van der Waals surface area contributed by atoms with E-state index in [1.165, 1.54) is 6.07 Å². The van der Waals surface area contributed by atoms with Gasteiger partial charge in [0.25, 0.3) is 0 Å². The van der Waals surface area contributed by atoms with E-state index in [1.54, 1.807) is 6.07 Å². The second-order valence-corrected chi connectivity index (χ2v) is 7.30. The van der Waals surface area contributed by atoms with Crippen molar-refractivity contribution in [2.75, 3.05) is 6.54 Å². The third-order valence-electron chi connectivity index (χ3n) is 5.23. The first-order chi connectivity index (χ1) is 13.9. The van der Waals surface area contributed by atoms with Gasteiger partial charge in [-0.05, 0) is 29.8 Å². The van der Waals surface area contributed by atoms with Gasteiger partial charge in [-0.3, -0.25) is 4.79 Å². The number of hydrogen-bond acceptors (Lipinski definition) is 3. The second kappa shape index (κ2) is 7.13. The highest BCUT2D eigenvalue weighted by Crippen LogP contribution is 2.48. The first-order valence-electron chi connectivity index (χ1n) is 8.92. The van der Waals surface area contributed by atoms with E-state index < -0.39 is 23.1 Å². The fraction of sp³-hybridized carbons (Fsp3) is 0.136. The van der Waals surface area contributed by atoms with Crippen molar-refractivity contribution < 1.29 is 18.3 Å². The van der Waals surface area contributed by atoms with E-state index in [4.69, 9.17) is 27.8 Å². The summed E-state index contributed by atoms with van der Waals surface area (Å²) in [4.78, 5) is 11.9. The molecule has 0 saturated carbocycles. The molecule has 0 aliphatic carbocycles. The van der Waals surface area contributed by atoms with Gasteiger partial charge in [0.15, 0.2) is 17.2 Å². The molecule has 0 unspecified atom stereocenters. The zero-order valence-electron chi connectivity index (χ0n) is 15.2. The minimum Gasteiger partial charge on any atom is -0.481 e.